The van der Waals surface area contributed by atoms with Gasteiger partial charge in [-0.25, -0.2) is 0 Å². The summed E-state index contributed by atoms with van der Waals surface area (Å²) in [5, 5.41) is 0. The van der Waals surface area contributed by atoms with Gasteiger partial charge in [-0.3, -0.25) is 4.79 Å². The summed E-state index contributed by atoms with van der Waals surface area (Å²) in [4.78, 5) is 12.2. The quantitative estimate of drug-likeness (QED) is 0.569. The van der Waals surface area contributed by atoms with E-state index in [1.165, 1.54) is 7.11 Å². The standard InChI is InChI=1S/C19H29O4Si/c1-18(2,3)16(23-24(6)7)14-12-13(8-9-15(14)21-4)19(10-11-19)17(20)22-5/h8-9,12,16H,10-11H2,1-7H3. The van der Waals surface area contributed by atoms with Crippen LogP contribution in [0, 0.1) is 5.41 Å². The van der Waals surface area contributed by atoms with Crippen molar-refractivity contribution in [1.82, 2.24) is 0 Å². The van der Waals surface area contributed by atoms with Crippen molar-refractivity contribution < 1.29 is 18.7 Å². The van der Waals surface area contributed by atoms with E-state index in [9.17, 15) is 4.79 Å². The number of rotatable bonds is 6. The molecular formula is C19H29O4Si. The number of ether oxygens (including phenoxy) is 2. The molecule has 0 bridgehead atoms. The number of methoxy groups -OCH3 is 2. The van der Waals surface area contributed by atoms with Crippen molar-refractivity contribution in [3.8, 4) is 5.75 Å². The van der Waals surface area contributed by atoms with Gasteiger partial charge in [-0.1, -0.05) is 26.8 Å². The van der Waals surface area contributed by atoms with Crippen molar-refractivity contribution in [3.05, 3.63) is 29.3 Å². The first-order valence-corrected chi connectivity index (χ1v) is 10.8. The zero-order valence-electron chi connectivity index (χ0n) is 15.9. The van der Waals surface area contributed by atoms with Crippen LogP contribution in [0.3, 0.4) is 0 Å². The largest absolute Gasteiger partial charge is 0.496 e. The summed E-state index contributed by atoms with van der Waals surface area (Å²) >= 11 is 0. The van der Waals surface area contributed by atoms with Crippen LogP contribution >= 0.6 is 0 Å². The van der Waals surface area contributed by atoms with E-state index in [1.807, 2.05) is 12.1 Å². The van der Waals surface area contributed by atoms with Crippen LogP contribution in [0.2, 0.25) is 13.1 Å². The number of benzene rings is 1. The van der Waals surface area contributed by atoms with Gasteiger partial charge in [0.05, 0.1) is 25.7 Å². The summed E-state index contributed by atoms with van der Waals surface area (Å²) in [6.07, 6.45) is 1.59. The van der Waals surface area contributed by atoms with Crippen molar-refractivity contribution in [2.24, 2.45) is 5.41 Å². The molecule has 0 saturated heterocycles. The summed E-state index contributed by atoms with van der Waals surface area (Å²) in [7, 11) is 2.24. The summed E-state index contributed by atoms with van der Waals surface area (Å²) in [6.45, 7) is 10.8. The third kappa shape index (κ3) is 3.67. The first-order valence-electron chi connectivity index (χ1n) is 8.39. The second-order valence-electron chi connectivity index (χ2n) is 7.80. The molecule has 0 spiro atoms. The van der Waals surface area contributed by atoms with Gasteiger partial charge >= 0.3 is 5.97 Å². The van der Waals surface area contributed by atoms with Crippen LogP contribution in [0.1, 0.15) is 50.8 Å². The minimum Gasteiger partial charge on any atom is -0.496 e. The van der Waals surface area contributed by atoms with E-state index >= 15 is 0 Å². The van der Waals surface area contributed by atoms with E-state index in [1.54, 1.807) is 7.11 Å². The highest BCUT2D eigenvalue weighted by Gasteiger charge is 2.53. The highest BCUT2D eigenvalue weighted by molar-refractivity contribution is 6.48. The molecule has 0 aliphatic heterocycles. The van der Waals surface area contributed by atoms with Crippen LogP contribution in [0.15, 0.2) is 18.2 Å². The van der Waals surface area contributed by atoms with Crippen LogP contribution in [0.25, 0.3) is 0 Å². The lowest BCUT2D eigenvalue weighted by molar-refractivity contribution is -0.143. The maximum atomic E-state index is 12.2. The molecule has 5 heteroatoms. The zero-order chi connectivity index (χ0) is 18.1. The number of carbonyl (C=O) groups excluding carboxylic acids is 1. The van der Waals surface area contributed by atoms with E-state index in [2.05, 4.69) is 39.9 Å². The lowest BCUT2D eigenvalue weighted by atomic mass is 9.82. The van der Waals surface area contributed by atoms with Crippen molar-refractivity contribution in [2.75, 3.05) is 14.2 Å². The SMILES string of the molecule is COC(=O)C1(c2ccc(OC)c(C(O[Si](C)C)C(C)(C)C)c2)CC1. The van der Waals surface area contributed by atoms with Crippen molar-refractivity contribution in [3.63, 3.8) is 0 Å². The summed E-state index contributed by atoms with van der Waals surface area (Å²) < 4.78 is 16.9. The molecule has 1 aliphatic rings. The van der Waals surface area contributed by atoms with Crippen LogP contribution in [0.4, 0.5) is 0 Å². The second kappa shape index (κ2) is 6.88. The molecular weight excluding hydrogens is 320 g/mol. The maximum Gasteiger partial charge on any atom is 0.316 e. The van der Waals surface area contributed by atoms with Gasteiger partial charge in [-0.2, -0.15) is 0 Å². The van der Waals surface area contributed by atoms with Gasteiger partial charge in [0.15, 0.2) is 0 Å². The Morgan fingerprint density at radius 3 is 2.25 bits per heavy atom. The summed E-state index contributed by atoms with van der Waals surface area (Å²) in [5.74, 6) is 0.658. The van der Waals surface area contributed by atoms with Crippen LogP contribution in [-0.4, -0.2) is 29.2 Å². The molecule has 1 aliphatic carbocycles. The molecule has 1 radical (unpaired) electrons. The van der Waals surface area contributed by atoms with E-state index in [4.69, 9.17) is 13.9 Å². The van der Waals surface area contributed by atoms with Gasteiger partial charge in [-0.05, 0) is 49.0 Å². The first-order chi connectivity index (χ1) is 11.2. The third-order valence-corrected chi connectivity index (χ3v) is 5.24. The molecule has 1 aromatic rings. The molecule has 1 saturated carbocycles. The highest BCUT2D eigenvalue weighted by Crippen LogP contribution is 2.51. The van der Waals surface area contributed by atoms with E-state index in [0.717, 1.165) is 29.7 Å². The van der Waals surface area contributed by atoms with Crippen molar-refractivity contribution >= 4 is 15.0 Å². The lowest BCUT2D eigenvalue weighted by Gasteiger charge is -2.34. The monoisotopic (exact) mass is 349 g/mol. The van der Waals surface area contributed by atoms with E-state index < -0.39 is 14.5 Å². The van der Waals surface area contributed by atoms with Gasteiger partial charge in [0.1, 0.15) is 5.75 Å². The van der Waals surface area contributed by atoms with Gasteiger partial charge in [0.25, 0.3) is 0 Å². The van der Waals surface area contributed by atoms with Gasteiger partial charge in [-0.15, -0.1) is 0 Å². The Labute approximate surface area is 147 Å². The average Bonchev–Trinajstić information content (AvgIpc) is 3.31. The molecule has 133 valence electrons. The van der Waals surface area contributed by atoms with Gasteiger partial charge in [0.2, 0.25) is 9.04 Å². The maximum absolute atomic E-state index is 12.2. The molecule has 0 aromatic heterocycles. The first kappa shape index (κ1) is 19.0. The van der Waals surface area contributed by atoms with Crippen molar-refractivity contribution in [2.45, 2.75) is 58.2 Å². The van der Waals surface area contributed by atoms with Crippen molar-refractivity contribution in [1.29, 1.82) is 0 Å². The Morgan fingerprint density at radius 2 is 1.83 bits per heavy atom. The number of hydrogen-bond acceptors (Lipinski definition) is 4. The summed E-state index contributed by atoms with van der Waals surface area (Å²) in [6, 6.07) is 6.02. The number of esters is 1. The van der Waals surface area contributed by atoms with Crippen LogP contribution < -0.4 is 4.74 Å². The Morgan fingerprint density at radius 1 is 1.21 bits per heavy atom. The Bertz CT molecular complexity index is 600. The Balaban J connectivity index is 2.51. The van der Waals surface area contributed by atoms with Crippen LogP contribution in [-0.2, 0) is 19.4 Å². The minimum atomic E-state index is -0.887. The van der Waals surface area contributed by atoms with E-state index in [-0.39, 0.29) is 17.5 Å². The molecule has 24 heavy (non-hydrogen) atoms. The molecule has 0 heterocycles. The molecule has 1 atom stereocenters. The molecule has 1 unspecified atom stereocenters. The Hall–Kier alpha value is -1.33. The normalized spacial score (nSPS) is 17.5. The van der Waals surface area contributed by atoms with Gasteiger partial charge < -0.3 is 13.9 Å². The van der Waals surface area contributed by atoms with E-state index in [0.29, 0.717) is 0 Å². The fourth-order valence-corrected chi connectivity index (χ4v) is 4.06. The third-order valence-electron chi connectivity index (χ3n) is 4.53. The fourth-order valence-electron chi connectivity index (χ4n) is 3.11. The minimum absolute atomic E-state index is 0.0736. The molecule has 4 nitrogen and oxygen atoms in total. The number of hydrogen-bond donors (Lipinski definition) is 0. The predicted molar refractivity (Wildman–Crippen MR) is 96.7 cm³/mol. The molecule has 0 amide bonds. The average molecular weight is 350 g/mol. The van der Waals surface area contributed by atoms with Crippen LogP contribution in [0.5, 0.6) is 5.75 Å². The smallest absolute Gasteiger partial charge is 0.316 e. The zero-order valence-corrected chi connectivity index (χ0v) is 16.9. The number of carbonyl (C=O) groups is 1. The highest BCUT2D eigenvalue weighted by atomic mass is 28.3. The molecule has 1 fully saturated rings. The topological polar surface area (TPSA) is 44.8 Å². The lowest BCUT2D eigenvalue weighted by Crippen LogP contribution is -2.27. The summed E-state index contributed by atoms with van der Waals surface area (Å²) in [5.41, 5.74) is 1.47. The molecule has 0 N–H and O–H groups in total. The van der Waals surface area contributed by atoms with Gasteiger partial charge in [0, 0.05) is 5.56 Å². The fraction of sp³-hybridized carbons (Fsp3) is 0.632. The second-order valence-corrected chi connectivity index (χ2v) is 9.85. The molecule has 2 rings (SSSR count). The molecule has 1 aromatic carbocycles. The Kier molecular flexibility index (Phi) is 5.45. The predicted octanol–water partition coefficient (Wildman–Crippen LogP) is 4.25.